The van der Waals surface area contributed by atoms with E-state index in [1.165, 1.54) is 0 Å². The Morgan fingerprint density at radius 1 is 0.952 bits per heavy atom. The lowest BCUT2D eigenvalue weighted by Gasteiger charge is -2.12. The molecule has 0 saturated carbocycles. The molecule has 0 aliphatic carbocycles. The van der Waals surface area contributed by atoms with Gasteiger partial charge in [0.2, 0.25) is 0 Å². The van der Waals surface area contributed by atoms with Crippen molar-refractivity contribution in [1.82, 2.24) is 4.98 Å². The lowest BCUT2D eigenvalue weighted by Crippen LogP contribution is -2.19. The number of benzene rings is 2. The van der Waals surface area contributed by atoms with Gasteiger partial charge in [-0.2, -0.15) is 0 Å². The fourth-order valence-electron chi connectivity index (χ4n) is 2.05. The summed E-state index contributed by atoms with van der Waals surface area (Å²) in [5.74, 6) is 0.650. The Morgan fingerprint density at radius 2 is 1.76 bits per heavy atom. The van der Waals surface area contributed by atoms with Crippen LogP contribution in [0.1, 0.15) is 0 Å². The highest BCUT2D eigenvalue weighted by molar-refractivity contribution is 7.80. The minimum Gasteiger partial charge on any atom is -0.332 e. The third kappa shape index (κ3) is 3.29. The minimum absolute atomic E-state index is 0.487. The highest BCUT2D eigenvalue weighted by atomic mass is 35.5. The van der Waals surface area contributed by atoms with E-state index in [9.17, 15) is 0 Å². The Bertz CT molecular complexity index is 782. The number of anilines is 2. The normalized spacial score (nSPS) is 10.3. The van der Waals surface area contributed by atoms with Crippen LogP contribution in [-0.2, 0) is 0 Å². The largest absolute Gasteiger partial charge is 0.332 e. The maximum atomic E-state index is 5.80. The number of nitrogens with zero attached hydrogens (tertiary/aromatic N) is 1. The smallest absolute Gasteiger partial charge is 0.176 e. The van der Waals surface area contributed by atoms with Gasteiger partial charge in [-0.15, -0.1) is 0 Å². The van der Waals surface area contributed by atoms with E-state index in [0.717, 1.165) is 16.5 Å². The number of rotatable bonds is 2. The molecule has 3 nitrogen and oxygen atoms in total. The molecule has 0 fully saturated rings. The Balaban J connectivity index is 1.79. The maximum absolute atomic E-state index is 5.80. The molecule has 0 bridgehead atoms. The monoisotopic (exact) mass is 313 g/mol. The van der Waals surface area contributed by atoms with Gasteiger partial charge in [0.05, 0.1) is 5.02 Å². The summed E-state index contributed by atoms with van der Waals surface area (Å²) < 4.78 is 0. The molecule has 104 valence electrons. The van der Waals surface area contributed by atoms with Crippen LogP contribution in [0.5, 0.6) is 0 Å². The van der Waals surface area contributed by atoms with E-state index in [1.54, 1.807) is 18.3 Å². The van der Waals surface area contributed by atoms with E-state index >= 15 is 0 Å². The average Bonchev–Trinajstić information content (AvgIpc) is 2.50. The zero-order valence-corrected chi connectivity index (χ0v) is 12.6. The van der Waals surface area contributed by atoms with Gasteiger partial charge in [-0.25, -0.2) is 4.98 Å². The van der Waals surface area contributed by atoms with Crippen molar-refractivity contribution in [3.05, 3.63) is 65.8 Å². The van der Waals surface area contributed by atoms with E-state index in [4.69, 9.17) is 23.8 Å². The van der Waals surface area contributed by atoms with E-state index in [-0.39, 0.29) is 0 Å². The van der Waals surface area contributed by atoms with Crippen molar-refractivity contribution in [1.29, 1.82) is 0 Å². The van der Waals surface area contributed by atoms with Crippen LogP contribution in [0.15, 0.2) is 60.8 Å². The van der Waals surface area contributed by atoms with E-state index in [1.807, 2.05) is 24.3 Å². The minimum atomic E-state index is 0.487. The number of aromatic nitrogens is 1. The molecule has 5 heteroatoms. The van der Waals surface area contributed by atoms with E-state index < -0.39 is 0 Å². The van der Waals surface area contributed by atoms with Gasteiger partial charge in [-0.05, 0) is 35.8 Å². The summed E-state index contributed by atoms with van der Waals surface area (Å²) in [6.07, 6.45) is 1.57. The zero-order valence-electron chi connectivity index (χ0n) is 11.0. The van der Waals surface area contributed by atoms with Gasteiger partial charge in [0.25, 0.3) is 0 Å². The second-order valence-electron chi connectivity index (χ2n) is 4.47. The molecule has 0 saturated heterocycles. The van der Waals surface area contributed by atoms with Gasteiger partial charge >= 0.3 is 0 Å². The predicted octanol–water partition coefficient (Wildman–Crippen LogP) is 4.70. The molecule has 3 aromatic rings. The molecular formula is C16H12ClN3S. The van der Waals surface area contributed by atoms with Gasteiger partial charge in [0.1, 0.15) is 5.82 Å². The van der Waals surface area contributed by atoms with Crippen LogP contribution in [0, 0.1) is 0 Å². The number of thiocarbonyl (C=S) groups is 1. The van der Waals surface area contributed by atoms with Crippen molar-refractivity contribution < 1.29 is 0 Å². The van der Waals surface area contributed by atoms with Crippen LogP contribution in [0.25, 0.3) is 10.8 Å². The lowest BCUT2D eigenvalue weighted by atomic mass is 10.1. The fraction of sp³-hybridized carbons (Fsp3) is 0. The number of hydrogen-bond donors (Lipinski definition) is 2. The summed E-state index contributed by atoms with van der Waals surface area (Å²) in [7, 11) is 0. The SMILES string of the molecule is S=C(Nc1ccc(Cl)cn1)Nc1cccc2ccccc12. The standard InChI is InChI=1S/C16H12ClN3S/c17-12-8-9-15(18-10-12)20-16(21)19-14-7-3-5-11-4-1-2-6-13(11)14/h1-10H,(H2,18,19,20,21). The van der Waals surface area contributed by atoms with Crippen LogP contribution in [0.3, 0.4) is 0 Å². The van der Waals surface area contributed by atoms with Gasteiger partial charge in [0, 0.05) is 17.3 Å². The van der Waals surface area contributed by atoms with Crippen LogP contribution in [0.2, 0.25) is 5.02 Å². The molecule has 1 aromatic heterocycles. The van der Waals surface area contributed by atoms with Gasteiger partial charge in [0.15, 0.2) is 5.11 Å². The van der Waals surface area contributed by atoms with Crippen LogP contribution >= 0.6 is 23.8 Å². The van der Waals surface area contributed by atoms with Crippen molar-refractivity contribution in [3.63, 3.8) is 0 Å². The highest BCUT2D eigenvalue weighted by Crippen LogP contribution is 2.23. The molecule has 2 N–H and O–H groups in total. The number of nitrogens with one attached hydrogen (secondary N) is 2. The third-order valence-electron chi connectivity index (χ3n) is 3.01. The zero-order chi connectivity index (χ0) is 14.7. The first-order chi connectivity index (χ1) is 10.2. The number of halogens is 1. The third-order valence-corrected chi connectivity index (χ3v) is 3.43. The first-order valence-electron chi connectivity index (χ1n) is 6.40. The van der Waals surface area contributed by atoms with Crippen molar-refractivity contribution in [2.75, 3.05) is 10.6 Å². The van der Waals surface area contributed by atoms with Gasteiger partial charge in [-0.1, -0.05) is 48.0 Å². The van der Waals surface area contributed by atoms with Gasteiger partial charge < -0.3 is 10.6 Å². The second-order valence-corrected chi connectivity index (χ2v) is 5.31. The first kappa shape index (κ1) is 13.8. The molecule has 0 radical (unpaired) electrons. The quantitative estimate of drug-likeness (QED) is 0.673. The van der Waals surface area contributed by atoms with Crippen LogP contribution in [0.4, 0.5) is 11.5 Å². The Morgan fingerprint density at radius 3 is 2.57 bits per heavy atom. The summed E-state index contributed by atoms with van der Waals surface area (Å²) in [4.78, 5) is 4.15. The summed E-state index contributed by atoms with van der Waals surface area (Å²) in [5.41, 5.74) is 0.958. The Labute approximate surface area is 133 Å². The second kappa shape index (κ2) is 6.08. The Kier molecular flexibility index (Phi) is 3.99. The molecule has 21 heavy (non-hydrogen) atoms. The Hall–Kier alpha value is -2.17. The molecule has 0 unspecified atom stereocenters. The number of pyridine rings is 1. The fourth-order valence-corrected chi connectivity index (χ4v) is 2.38. The molecule has 0 atom stereocenters. The predicted molar refractivity (Wildman–Crippen MR) is 93.0 cm³/mol. The van der Waals surface area contributed by atoms with Crippen molar-refractivity contribution >= 4 is 51.2 Å². The summed E-state index contributed by atoms with van der Waals surface area (Å²) in [6.45, 7) is 0. The lowest BCUT2D eigenvalue weighted by molar-refractivity contribution is 1.32. The molecule has 3 rings (SSSR count). The number of hydrogen-bond acceptors (Lipinski definition) is 2. The van der Waals surface area contributed by atoms with Crippen molar-refractivity contribution in [3.8, 4) is 0 Å². The van der Waals surface area contributed by atoms with E-state index in [0.29, 0.717) is 16.0 Å². The molecule has 1 heterocycles. The molecule has 0 amide bonds. The highest BCUT2D eigenvalue weighted by Gasteiger charge is 2.03. The average molecular weight is 314 g/mol. The molecule has 0 aliphatic rings. The summed E-state index contributed by atoms with van der Waals surface area (Å²) in [5, 5.41) is 9.59. The molecular weight excluding hydrogens is 302 g/mol. The molecule has 0 spiro atoms. The number of fused-ring (bicyclic) bond motifs is 1. The summed E-state index contributed by atoms with van der Waals surface area (Å²) in [6, 6.07) is 17.7. The topological polar surface area (TPSA) is 37.0 Å². The first-order valence-corrected chi connectivity index (χ1v) is 7.18. The summed E-state index contributed by atoms with van der Waals surface area (Å²) >= 11 is 11.1. The van der Waals surface area contributed by atoms with Gasteiger partial charge in [-0.3, -0.25) is 0 Å². The van der Waals surface area contributed by atoms with Crippen molar-refractivity contribution in [2.24, 2.45) is 0 Å². The molecule has 2 aromatic carbocycles. The maximum Gasteiger partial charge on any atom is 0.176 e. The van der Waals surface area contributed by atoms with Crippen molar-refractivity contribution in [2.45, 2.75) is 0 Å². The van der Waals surface area contributed by atoms with E-state index in [2.05, 4.69) is 33.8 Å². The molecule has 0 aliphatic heterocycles. The van der Waals surface area contributed by atoms with Crippen LogP contribution in [-0.4, -0.2) is 10.1 Å². The van der Waals surface area contributed by atoms with Crippen LogP contribution < -0.4 is 10.6 Å².